The van der Waals surface area contributed by atoms with E-state index in [0.29, 0.717) is 23.5 Å². The van der Waals surface area contributed by atoms with Crippen LogP contribution < -0.4 is 5.69 Å². The van der Waals surface area contributed by atoms with Crippen LogP contribution in [0.2, 0.25) is 0 Å². The standard InChI is InChI=1S/C15H18N2O4/c1-2-12-9(6-7-21-12)8-17-11-5-3-4-10(14(18)19)13(11)16-15(17)20/h3-5,9,12H,2,6-8H2,1H3,(H,16,20)(H,18,19). The summed E-state index contributed by atoms with van der Waals surface area (Å²) in [6.45, 7) is 3.35. The van der Waals surface area contributed by atoms with E-state index in [1.807, 2.05) is 0 Å². The Morgan fingerprint density at radius 3 is 3.05 bits per heavy atom. The van der Waals surface area contributed by atoms with Gasteiger partial charge in [0.1, 0.15) is 0 Å². The van der Waals surface area contributed by atoms with Crippen molar-refractivity contribution in [3.05, 3.63) is 34.2 Å². The number of rotatable bonds is 4. The molecule has 0 spiro atoms. The zero-order chi connectivity index (χ0) is 15.0. The van der Waals surface area contributed by atoms with Crippen molar-refractivity contribution in [3.8, 4) is 0 Å². The minimum Gasteiger partial charge on any atom is -0.478 e. The maximum absolute atomic E-state index is 12.2. The number of hydrogen-bond donors (Lipinski definition) is 2. The van der Waals surface area contributed by atoms with Gasteiger partial charge in [-0.05, 0) is 25.0 Å². The number of ether oxygens (including phenoxy) is 1. The SMILES string of the molecule is CCC1OCCC1Cn1c(=O)[nH]c2c(C(=O)O)cccc21. The van der Waals surface area contributed by atoms with Gasteiger partial charge in [0.25, 0.3) is 0 Å². The van der Waals surface area contributed by atoms with E-state index < -0.39 is 5.97 Å². The molecule has 0 aliphatic carbocycles. The first-order chi connectivity index (χ1) is 10.1. The van der Waals surface area contributed by atoms with Crippen molar-refractivity contribution in [2.45, 2.75) is 32.4 Å². The molecule has 1 aromatic heterocycles. The average molecular weight is 290 g/mol. The largest absolute Gasteiger partial charge is 0.478 e. The molecule has 2 atom stereocenters. The Hall–Kier alpha value is -2.08. The summed E-state index contributed by atoms with van der Waals surface area (Å²) in [4.78, 5) is 26.1. The maximum Gasteiger partial charge on any atom is 0.337 e. The second-order valence-corrected chi connectivity index (χ2v) is 5.41. The molecular weight excluding hydrogens is 272 g/mol. The van der Waals surface area contributed by atoms with Gasteiger partial charge in [-0.15, -0.1) is 0 Å². The molecule has 21 heavy (non-hydrogen) atoms. The van der Waals surface area contributed by atoms with Gasteiger partial charge in [0, 0.05) is 19.1 Å². The number of carboxylic acids is 1. The second kappa shape index (κ2) is 5.37. The summed E-state index contributed by atoms with van der Waals surface area (Å²) in [7, 11) is 0. The van der Waals surface area contributed by atoms with E-state index in [1.54, 1.807) is 16.7 Å². The van der Waals surface area contributed by atoms with Gasteiger partial charge >= 0.3 is 11.7 Å². The lowest BCUT2D eigenvalue weighted by Gasteiger charge is -2.17. The summed E-state index contributed by atoms with van der Waals surface area (Å²) in [5.74, 6) is -0.746. The topological polar surface area (TPSA) is 84.3 Å². The van der Waals surface area contributed by atoms with Crippen LogP contribution in [-0.4, -0.2) is 33.3 Å². The number of aromatic amines is 1. The number of H-pyrrole nitrogens is 1. The summed E-state index contributed by atoms with van der Waals surface area (Å²) in [6, 6.07) is 4.94. The Kier molecular flexibility index (Phi) is 3.55. The van der Waals surface area contributed by atoms with Crippen LogP contribution in [0.25, 0.3) is 11.0 Å². The van der Waals surface area contributed by atoms with Crippen LogP contribution in [-0.2, 0) is 11.3 Å². The zero-order valence-corrected chi connectivity index (χ0v) is 11.8. The molecular formula is C15H18N2O4. The highest BCUT2D eigenvalue weighted by molar-refractivity contribution is 6.00. The van der Waals surface area contributed by atoms with Gasteiger partial charge < -0.3 is 14.8 Å². The third-order valence-electron chi connectivity index (χ3n) is 4.21. The van der Waals surface area contributed by atoms with E-state index in [4.69, 9.17) is 4.74 Å². The number of benzene rings is 1. The Morgan fingerprint density at radius 2 is 2.33 bits per heavy atom. The Balaban J connectivity index is 2.03. The van der Waals surface area contributed by atoms with E-state index in [1.165, 1.54) is 6.07 Å². The summed E-state index contributed by atoms with van der Waals surface area (Å²) < 4.78 is 7.29. The highest BCUT2D eigenvalue weighted by atomic mass is 16.5. The number of carboxylic acid groups (broad SMARTS) is 1. The first-order valence-electron chi connectivity index (χ1n) is 7.18. The van der Waals surface area contributed by atoms with Crippen LogP contribution in [0.1, 0.15) is 30.1 Å². The molecule has 2 N–H and O–H groups in total. The summed E-state index contributed by atoms with van der Waals surface area (Å²) >= 11 is 0. The molecule has 2 aromatic rings. The summed E-state index contributed by atoms with van der Waals surface area (Å²) in [5, 5.41) is 9.20. The molecule has 1 saturated heterocycles. The Morgan fingerprint density at radius 1 is 1.52 bits per heavy atom. The van der Waals surface area contributed by atoms with Gasteiger partial charge in [0.05, 0.1) is 22.7 Å². The number of imidazole rings is 1. The van der Waals surface area contributed by atoms with Crippen molar-refractivity contribution in [2.24, 2.45) is 5.92 Å². The number of carbonyl (C=O) groups is 1. The summed E-state index contributed by atoms with van der Waals surface area (Å²) in [6.07, 6.45) is 2.02. The smallest absolute Gasteiger partial charge is 0.337 e. The van der Waals surface area contributed by atoms with Crippen molar-refractivity contribution < 1.29 is 14.6 Å². The molecule has 0 radical (unpaired) electrons. The molecule has 0 amide bonds. The monoisotopic (exact) mass is 290 g/mol. The molecule has 112 valence electrons. The van der Waals surface area contributed by atoms with Gasteiger partial charge in [-0.2, -0.15) is 0 Å². The zero-order valence-electron chi connectivity index (χ0n) is 11.8. The fourth-order valence-corrected chi connectivity index (χ4v) is 3.13. The van der Waals surface area contributed by atoms with E-state index in [0.717, 1.165) is 19.4 Å². The second-order valence-electron chi connectivity index (χ2n) is 5.41. The van der Waals surface area contributed by atoms with Crippen LogP contribution in [0.3, 0.4) is 0 Å². The maximum atomic E-state index is 12.2. The molecule has 3 rings (SSSR count). The van der Waals surface area contributed by atoms with Crippen molar-refractivity contribution in [2.75, 3.05) is 6.61 Å². The molecule has 2 heterocycles. The number of hydrogen-bond acceptors (Lipinski definition) is 3. The lowest BCUT2D eigenvalue weighted by Crippen LogP contribution is -2.26. The number of para-hydroxylation sites is 1. The first kappa shape index (κ1) is 13.9. The van der Waals surface area contributed by atoms with Crippen LogP contribution in [0, 0.1) is 5.92 Å². The molecule has 1 aliphatic rings. The number of nitrogens with one attached hydrogen (secondary N) is 1. The van der Waals surface area contributed by atoms with Crippen LogP contribution in [0.5, 0.6) is 0 Å². The molecule has 1 aromatic carbocycles. The minimum absolute atomic E-state index is 0.123. The van der Waals surface area contributed by atoms with E-state index in [-0.39, 0.29) is 17.4 Å². The lowest BCUT2D eigenvalue weighted by atomic mass is 9.99. The normalized spacial score (nSPS) is 22.0. The van der Waals surface area contributed by atoms with Gasteiger partial charge in [0.15, 0.2) is 0 Å². The molecule has 0 saturated carbocycles. The predicted octanol–water partition coefficient (Wildman–Crippen LogP) is 1.84. The minimum atomic E-state index is -1.04. The van der Waals surface area contributed by atoms with Crippen molar-refractivity contribution in [3.63, 3.8) is 0 Å². The van der Waals surface area contributed by atoms with Crippen molar-refractivity contribution in [1.82, 2.24) is 9.55 Å². The van der Waals surface area contributed by atoms with Gasteiger partial charge in [-0.25, -0.2) is 9.59 Å². The quantitative estimate of drug-likeness (QED) is 0.900. The predicted molar refractivity (Wildman–Crippen MR) is 77.7 cm³/mol. The van der Waals surface area contributed by atoms with Crippen molar-refractivity contribution in [1.29, 1.82) is 0 Å². The Bertz CT molecular complexity index is 731. The molecule has 6 heteroatoms. The van der Waals surface area contributed by atoms with Crippen LogP contribution in [0.15, 0.2) is 23.0 Å². The van der Waals surface area contributed by atoms with Gasteiger partial charge in [-0.3, -0.25) is 4.57 Å². The molecule has 6 nitrogen and oxygen atoms in total. The van der Waals surface area contributed by atoms with E-state index >= 15 is 0 Å². The van der Waals surface area contributed by atoms with Crippen molar-refractivity contribution >= 4 is 17.0 Å². The van der Waals surface area contributed by atoms with Crippen LogP contribution in [0.4, 0.5) is 0 Å². The number of aromatic carboxylic acids is 1. The third-order valence-corrected chi connectivity index (χ3v) is 4.21. The molecule has 1 aliphatic heterocycles. The Labute approximate surface area is 121 Å². The number of nitrogens with zero attached hydrogens (tertiary/aromatic N) is 1. The summed E-state index contributed by atoms with van der Waals surface area (Å²) in [5.41, 5.74) is 0.891. The van der Waals surface area contributed by atoms with Crippen LogP contribution >= 0.6 is 0 Å². The highest BCUT2D eigenvalue weighted by Gasteiger charge is 2.28. The highest BCUT2D eigenvalue weighted by Crippen LogP contribution is 2.26. The molecule has 0 bridgehead atoms. The lowest BCUT2D eigenvalue weighted by molar-refractivity contribution is 0.0698. The third kappa shape index (κ3) is 2.35. The average Bonchev–Trinajstić information content (AvgIpc) is 3.03. The molecule has 2 unspecified atom stereocenters. The first-order valence-corrected chi connectivity index (χ1v) is 7.18. The molecule has 1 fully saturated rings. The van der Waals surface area contributed by atoms with Gasteiger partial charge in [-0.1, -0.05) is 13.0 Å². The number of aromatic nitrogens is 2. The fourth-order valence-electron chi connectivity index (χ4n) is 3.13. The van der Waals surface area contributed by atoms with Gasteiger partial charge in [0.2, 0.25) is 0 Å². The van der Waals surface area contributed by atoms with E-state index in [9.17, 15) is 14.7 Å². The van der Waals surface area contributed by atoms with E-state index in [2.05, 4.69) is 11.9 Å². The number of fused-ring (bicyclic) bond motifs is 1. The fraction of sp³-hybridized carbons (Fsp3) is 0.467.